The summed E-state index contributed by atoms with van der Waals surface area (Å²) >= 11 is 5.47. The summed E-state index contributed by atoms with van der Waals surface area (Å²) in [6.45, 7) is 8.66. The van der Waals surface area contributed by atoms with Crippen LogP contribution in [0.5, 0.6) is 11.5 Å². The molecule has 1 saturated heterocycles. The summed E-state index contributed by atoms with van der Waals surface area (Å²) in [6, 6.07) is 3.86. The summed E-state index contributed by atoms with van der Waals surface area (Å²) in [7, 11) is 0. The molecule has 1 aromatic carbocycles. The molecule has 1 aliphatic heterocycles. The zero-order valence-electron chi connectivity index (χ0n) is 15.2. The SMILES string of the molecule is CCCCOc1cc(N2CCOCC2)c(OCCCC)cc1N=NCl. The second-order valence-electron chi connectivity index (χ2n) is 5.97. The van der Waals surface area contributed by atoms with Gasteiger partial charge in [-0.25, -0.2) is 0 Å². The number of rotatable bonds is 10. The summed E-state index contributed by atoms with van der Waals surface area (Å²) in [4.78, 5) is 2.26. The molecular weight excluding hydrogens is 342 g/mol. The smallest absolute Gasteiger partial charge is 0.149 e. The number of morpholine rings is 1. The molecule has 0 aromatic heterocycles. The first kappa shape index (κ1) is 19.8. The van der Waals surface area contributed by atoms with E-state index in [4.69, 9.17) is 26.0 Å². The molecule has 1 aromatic rings. The van der Waals surface area contributed by atoms with Gasteiger partial charge in [0.25, 0.3) is 0 Å². The maximum absolute atomic E-state index is 6.02. The molecule has 0 atom stereocenters. The van der Waals surface area contributed by atoms with Gasteiger partial charge in [0.05, 0.1) is 43.9 Å². The Labute approximate surface area is 155 Å². The molecule has 1 aliphatic rings. The molecule has 140 valence electrons. The van der Waals surface area contributed by atoms with Crippen LogP contribution in [0.15, 0.2) is 21.9 Å². The minimum absolute atomic E-state index is 0.592. The Balaban J connectivity index is 2.30. The molecule has 0 radical (unpaired) electrons. The van der Waals surface area contributed by atoms with Crippen molar-refractivity contribution in [2.45, 2.75) is 39.5 Å². The Bertz CT molecular complexity index is 549. The molecule has 0 amide bonds. The van der Waals surface area contributed by atoms with Gasteiger partial charge in [0.2, 0.25) is 0 Å². The van der Waals surface area contributed by atoms with Gasteiger partial charge in [-0.2, -0.15) is 0 Å². The van der Waals surface area contributed by atoms with Gasteiger partial charge in [-0.1, -0.05) is 31.3 Å². The highest BCUT2D eigenvalue weighted by molar-refractivity contribution is 6.14. The summed E-state index contributed by atoms with van der Waals surface area (Å²) < 4.78 is 20.8. The first-order valence-corrected chi connectivity index (χ1v) is 9.42. The fourth-order valence-electron chi connectivity index (χ4n) is 2.59. The van der Waals surface area contributed by atoms with Gasteiger partial charge in [-0.15, -0.1) is 5.11 Å². The maximum Gasteiger partial charge on any atom is 0.149 e. The van der Waals surface area contributed by atoms with Gasteiger partial charge >= 0.3 is 0 Å². The topological polar surface area (TPSA) is 55.7 Å². The number of ether oxygens (including phenoxy) is 3. The van der Waals surface area contributed by atoms with Crippen LogP contribution in [0.1, 0.15) is 39.5 Å². The number of nitrogens with zero attached hydrogens (tertiary/aromatic N) is 3. The van der Waals surface area contributed by atoms with Crippen molar-refractivity contribution < 1.29 is 14.2 Å². The molecule has 2 rings (SSSR count). The molecule has 25 heavy (non-hydrogen) atoms. The largest absolute Gasteiger partial charge is 0.491 e. The van der Waals surface area contributed by atoms with Crippen molar-refractivity contribution in [3.63, 3.8) is 0 Å². The van der Waals surface area contributed by atoms with Gasteiger partial charge in [-0.3, -0.25) is 0 Å². The molecule has 0 bridgehead atoms. The lowest BCUT2D eigenvalue weighted by Crippen LogP contribution is -2.36. The van der Waals surface area contributed by atoms with Crippen molar-refractivity contribution in [1.29, 1.82) is 0 Å². The van der Waals surface area contributed by atoms with Crippen LogP contribution in [0.3, 0.4) is 0 Å². The summed E-state index contributed by atoms with van der Waals surface area (Å²) in [5, 5.41) is 4.00. The molecular formula is C18H28ClN3O3. The lowest BCUT2D eigenvalue weighted by Gasteiger charge is -2.30. The minimum atomic E-state index is 0.592. The monoisotopic (exact) mass is 369 g/mol. The van der Waals surface area contributed by atoms with E-state index in [0.717, 1.165) is 50.2 Å². The standard InChI is InChI=1S/C18H28ClN3O3/c1-3-5-9-24-17-14-16(22-7-11-23-12-8-22)18(25-10-6-4-2)13-15(17)20-21-19/h13-14H,3-12H2,1-2H3. The van der Waals surface area contributed by atoms with E-state index in [0.29, 0.717) is 37.9 Å². The van der Waals surface area contributed by atoms with E-state index in [9.17, 15) is 0 Å². The molecule has 0 unspecified atom stereocenters. The molecule has 0 saturated carbocycles. The van der Waals surface area contributed by atoms with E-state index >= 15 is 0 Å². The second kappa shape index (κ2) is 11.2. The van der Waals surface area contributed by atoms with Crippen LogP contribution < -0.4 is 14.4 Å². The molecule has 0 aliphatic carbocycles. The molecule has 1 heterocycles. The van der Waals surface area contributed by atoms with Gasteiger partial charge in [-0.05, 0) is 12.8 Å². The van der Waals surface area contributed by atoms with Crippen LogP contribution in [-0.2, 0) is 4.74 Å². The Morgan fingerprint density at radius 3 is 2.28 bits per heavy atom. The normalized spacial score (nSPS) is 14.9. The number of unbranched alkanes of at least 4 members (excludes halogenated alkanes) is 2. The van der Waals surface area contributed by atoms with Gasteiger partial charge in [0, 0.05) is 25.2 Å². The maximum atomic E-state index is 6.02. The van der Waals surface area contributed by atoms with E-state index in [1.165, 1.54) is 0 Å². The summed E-state index contributed by atoms with van der Waals surface area (Å²) in [5.41, 5.74) is 1.61. The Hall–Kier alpha value is -1.53. The summed E-state index contributed by atoms with van der Waals surface area (Å²) in [6.07, 6.45) is 4.14. The van der Waals surface area contributed by atoms with Crippen molar-refractivity contribution in [2.24, 2.45) is 9.75 Å². The van der Waals surface area contributed by atoms with Crippen molar-refractivity contribution >= 4 is 23.2 Å². The summed E-state index contributed by atoms with van der Waals surface area (Å²) in [5.74, 6) is 1.47. The predicted octanol–water partition coefficient (Wildman–Crippen LogP) is 5.12. The number of hydrogen-bond donors (Lipinski definition) is 0. The van der Waals surface area contributed by atoms with Crippen LogP contribution in [0.4, 0.5) is 11.4 Å². The predicted molar refractivity (Wildman–Crippen MR) is 101 cm³/mol. The third-order valence-electron chi connectivity index (χ3n) is 4.05. The fraction of sp³-hybridized carbons (Fsp3) is 0.667. The van der Waals surface area contributed by atoms with Crippen LogP contribution in [0.2, 0.25) is 0 Å². The van der Waals surface area contributed by atoms with E-state index in [1.54, 1.807) is 0 Å². The zero-order chi connectivity index (χ0) is 17.9. The van der Waals surface area contributed by atoms with Crippen molar-refractivity contribution in [2.75, 3.05) is 44.4 Å². The van der Waals surface area contributed by atoms with E-state index in [-0.39, 0.29) is 0 Å². The van der Waals surface area contributed by atoms with Gasteiger partial charge in [0.15, 0.2) is 0 Å². The first-order chi connectivity index (χ1) is 12.3. The highest BCUT2D eigenvalue weighted by Crippen LogP contribution is 2.41. The molecule has 0 spiro atoms. The van der Waals surface area contributed by atoms with Crippen LogP contribution in [-0.4, -0.2) is 39.5 Å². The van der Waals surface area contributed by atoms with Crippen LogP contribution in [0.25, 0.3) is 0 Å². The fourth-order valence-corrected chi connectivity index (χ4v) is 2.67. The highest BCUT2D eigenvalue weighted by atomic mass is 35.5. The van der Waals surface area contributed by atoms with E-state index < -0.39 is 0 Å². The van der Waals surface area contributed by atoms with Crippen LogP contribution >= 0.6 is 11.8 Å². The molecule has 7 heteroatoms. The Morgan fingerprint density at radius 1 is 1.04 bits per heavy atom. The Morgan fingerprint density at radius 2 is 1.68 bits per heavy atom. The van der Waals surface area contributed by atoms with Crippen molar-refractivity contribution in [1.82, 2.24) is 0 Å². The highest BCUT2D eigenvalue weighted by Gasteiger charge is 2.19. The van der Waals surface area contributed by atoms with E-state index in [1.807, 2.05) is 12.1 Å². The zero-order valence-corrected chi connectivity index (χ0v) is 15.9. The average Bonchev–Trinajstić information content (AvgIpc) is 2.64. The van der Waals surface area contributed by atoms with Crippen molar-refractivity contribution in [3.8, 4) is 11.5 Å². The lowest BCUT2D eigenvalue weighted by molar-refractivity contribution is 0.122. The third kappa shape index (κ3) is 6.04. The third-order valence-corrected chi connectivity index (χ3v) is 4.12. The average molecular weight is 370 g/mol. The van der Waals surface area contributed by atoms with Gasteiger partial charge < -0.3 is 19.1 Å². The Kier molecular flexibility index (Phi) is 8.83. The number of hydrogen-bond acceptors (Lipinski definition) is 6. The quantitative estimate of drug-likeness (QED) is 0.424. The van der Waals surface area contributed by atoms with Crippen molar-refractivity contribution in [3.05, 3.63) is 12.1 Å². The molecule has 1 fully saturated rings. The molecule has 0 N–H and O–H groups in total. The number of halogens is 1. The number of benzene rings is 1. The minimum Gasteiger partial charge on any atom is -0.491 e. The van der Waals surface area contributed by atoms with Gasteiger partial charge in [0.1, 0.15) is 17.2 Å². The van der Waals surface area contributed by atoms with Crippen LogP contribution in [0, 0.1) is 0 Å². The lowest BCUT2D eigenvalue weighted by atomic mass is 10.2. The van der Waals surface area contributed by atoms with E-state index in [2.05, 4.69) is 28.5 Å². The first-order valence-electron chi connectivity index (χ1n) is 9.08. The number of anilines is 1. The molecule has 6 nitrogen and oxygen atoms in total. The second-order valence-corrected chi connectivity index (χ2v) is 6.12.